The van der Waals surface area contributed by atoms with Gasteiger partial charge in [0.05, 0.1) is 0 Å². The topological polar surface area (TPSA) is 32.3 Å². The number of nitrogens with one attached hydrogen (secondary N) is 1. The normalized spacial score (nSPS) is 19.4. The second-order valence-electron chi connectivity index (χ2n) is 4.39. The second-order valence-corrected chi connectivity index (χ2v) is 4.39. The molecule has 0 saturated carbocycles. The molecule has 1 aliphatic rings. The lowest BCUT2D eigenvalue weighted by Gasteiger charge is -2.28. The molecule has 1 rings (SSSR count). The molecule has 0 aromatic rings. The van der Waals surface area contributed by atoms with Gasteiger partial charge < -0.3 is 0 Å². The van der Waals surface area contributed by atoms with E-state index >= 15 is 0 Å². The second kappa shape index (κ2) is 6.23. The highest BCUT2D eigenvalue weighted by atomic mass is 19.4. The molecule has 17 heavy (non-hydrogen) atoms. The minimum atomic E-state index is -4.27. The maximum atomic E-state index is 12.8. The van der Waals surface area contributed by atoms with E-state index in [-0.39, 0.29) is 25.3 Å². The summed E-state index contributed by atoms with van der Waals surface area (Å²) in [6.07, 6.45) is -0.752. The molecule has 0 radical (unpaired) electrons. The fourth-order valence-corrected chi connectivity index (χ4v) is 1.99. The van der Waals surface area contributed by atoms with E-state index in [1.54, 1.807) is 0 Å². The molecule has 0 bridgehead atoms. The highest BCUT2D eigenvalue weighted by molar-refractivity contribution is 5.77. The van der Waals surface area contributed by atoms with E-state index in [1.165, 1.54) is 0 Å². The molecule has 100 valence electrons. The molecule has 0 unspecified atom stereocenters. The monoisotopic (exact) mass is 252 g/mol. The largest absolute Gasteiger partial charge is 0.405 e. The van der Waals surface area contributed by atoms with Crippen LogP contribution >= 0.6 is 0 Å². The molecule has 6 heteroatoms. The fourth-order valence-electron chi connectivity index (χ4n) is 1.99. The highest BCUT2D eigenvalue weighted by Gasteiger charge is 2.45. The van der Waals surface area contributed by atoms with Crippen LogP contribution in [0.15, 0.2) is 0 Å². The first kappa shape index (κ1) is 14.3. The van der Waals surface area contributed by atoms with Crippen LogP contribution < -0.4 is 5.43 Å². The quantitative estimate of drug-likeness (QED) is 0.737. The Balaban J connectivity index is 2.47. The predicted molar refractivity (Wildman–Crippen MR) is 58.1 cm³/mol. The zero-order valence-corrected chi connectivity index (χ0v) is 10.0. The van der Waals surface area contributed by atoms with Crippen molar-refractivity contribution in [2.45, 2.75) is 57.7 Å². The van der Waals surface area contributed by atoms with Crippen LogP contribution in [0.3, 0.4) is 0 Å². The van der Waals surface area contributed by atoms with E-state index in [4.69, 9.17) is 0 Å². The van der Waals surface area contributed by atoms with Crippen molar-refractivity contribution in [3.05, 3.63) is 0 Å². The van der Waals surface area contributed by atoms with Gasteiger partial charge in [-0.25, -0.2) is 5.01 Å². The molecule has 1 N–H and O–H groups in total. The van der Waals surface area contributed by atoms with Gasteiger partial charge in [-0.2, -0.15) is 13.2 Å². The van der Waals surface area contributed by atoms with Crippen molar-refractivity contribution in [2.24, 2.45) is 0 Å². The molecule has 0 aliphatic carbocycles. The summed E-state index contributed by atoms with van der Waals surface area (Å²) in [5, 5.41) is 1.04. The van der Waals surface area contributed by atoms with E-state index in [1.807, 2.05) is 6.92 Å². The lowest BCUT2D eigenvalue weighted by molar-refractivity contribution is -0.190. The Labute approximate surface area is 99.3 Å². The van der Waals surface area contributed by atoms with Gasteiger partial charge in [-0.1, -0.05) is 32.6 Å². The zero-order valence-electron chi connectivity index (χ0n) is 10.0. The molecule has 1 fully saturated rings. The maximum Gasteiger partial charge on any atom is 0.405 e. The van der Waals surface area contributed by atoms with E-state index in [9.17, 15) is 18.0 Å². The van der Waals surface area contributed by atoms with Gasteiger partial charge >= 0.3 is 6.18 Å². The standard InChI is InChI=1S/C11H19F3N2O/c1-2-3-4-5-6-9(11(12,13)14)16-8-7-10(17)15-16/h9H,2-8H2,1H3,(H,15,17)/t9-/m0/s1. The van der Waals surface area contributed by atoms with E-state index < -0.39 is 12.2 Å². The molecule has 1 atom stereocenters. The predicted octanol–water partition coefficient (Wildman–Crippen LogP) is 2.62. The Bertz CT molecular complexity index is 256. The first-order valence-corrected chi connectivity index (χ1v) is 6.08. The van der Waals surface area contributed by atoms with Gasteiger partial charge in [-0.15, -0.1) is 0 Å². The number of carbonyl (C=O) groups excluding carboxylic acids is 1. The van der Waals surface area contributed by atoms with Crippen LogP contribution in [0, 0.1) is 0 Å². The van der Waals surface area contributed by atoms with E-state index in [0.717, 1.165) is 24.3 Å². The lowest BCUT2D eigenvalue weighted by Crippen LogP contribution is -2.49. The summed E-state index contributed by atoms with van der Waals surface area (Å²) < 4.78 is 38.4. The van der Waals surface area contributed by atoms with Crippen molar-refractivity contribution in [1.29, 1.82) is 0 Å². The smallest absolute Gasteiger partial charge is 0.288 e. The summed E-state index contributed by atoms with van der Waals surface area (Å²) >= 11 is 0. The number of nitrogens with zero attached hydrogens (tertiary/aromatic N) is 1. The number of unbranched alkanes of at least 4 members (excludes halogenated alkanes) is 3. The minimum absolute atomic E-state index is 0.0593. The summed E-state index contributed by atoms with van der Waals surface area (Å²) in [4.78, 5) is 10.9. The van der Waals surface area contributed by atoms with Gasteiger partial charge in [0, 0.05) is 13.0 Å². The molecule has 1 amide bonds. The number of halogens is 3. The molecule has 1 saturated heterocycles. The number of rotatable bonds is 6. The third-order valence-corrected chi connectivity index (χ3v) is 2.93. The Hall–Kier alpha value is -0.780. The van der Waals surface area contributed by atoms with Gasteiger partial charge in [0.15, 0.2) is 0 Å². The van der Waals surface area contributed by atoms with Crippen molar-refractivity contribution in [3.8, 4) is 0 Å². The number of alkyl halides is 3. The van der Waals surface area contributed by atoms with Crippen molar-refractivity contribution in [3.63, 3.8) is 0 Å². The zero-order chi connectivity index (χ0) is 12.9. The lowest BCUT2D eigenvalue weighted by atomic mass is 10.1. The molecular weight excluding hydrogens is 233 g/mol. The first-order chi connectivity index (χ1) is 7.95. The van der Waals surface area contributed by atoms with Gasteiger partial charge in [0.25, 0.3) is 0 Å². The van der Waals surface area contributed by atoms with E-state index in [0.29, 0.717) is 6.42 Å². The van der Waals surface area contributed by atoms with Crippen LogP contribution in [0.1, 0.15) is 45.4 Å². The van der Waals surface area contributed by atoms with Crippen LogP contribution in [0.4, 0.5) is 13.2 Å². The number of hydrazine groups is 1. The number of amides is 1. The summed E-state index contributed by atoms with van der Waals surface area (Å²) in [5.41, 5.74) is 2.28. The Kier molecular flexibility index (Phi) is 5.24. The fraction of sp³-hybridized carbons (Fsp3) is 0.909. The van der Waals surface area contributed by atoms with Crippen LogP contribution in [0.2, 0.25) is 0 Å². The third kappa shape index (κ3) is 4.53. The molecule has 0 aromatic heterocycles. The van der Waals surface area contributed by atoms with Crippen molar-refractivity contribution in [2.75, 3.05) is 6.54 Å². The first-order valence-electron chi connectivity index (χ1n) is 6.08. The molecule has 3 nitrogen and oxygen atoms in total. The summed E-state index contributed by atoms with van der Waals surface area (Å²) in [6, 6.07) is -1.54. The van der Waals surface area contributed by atoms with Gasteiger partial charge in [0.1, 0.15) is 6.04 Å². The van der Waals surface area contributed by atoms with Crippen molar-refractivity contribution in [1.82, 2.24) is 10.4 Å². The Morgan fingerprint density at radius 2 is 2.06 bits per heavy atom. The molecule has 1 aliphatic heterocycles. The SMILES string of the molecule is CCCCCC[C@H](N1CCC(=O)N1)C(F)(F)F. The van der Waals surface area contributed by atoms with Crippen LogP contribution in [0.25, 0.3) is 0 Å². The van der Waals surface area contributed by atoms with E-state index in [2.05, 4.69) is 5.43 Å². The number of hydrogen-bond acceptors (Lipinski definition) is 2. The summed E-state index contributed by atoms with van der Waals surface area (Å²) in [7, 11) is 0. The average Bonchev–Trinajstić information content (AvgIpc) is 2.62. The summed E-state index contributed by atoms with van der Waals surface area (Å²) in [5.74, 6) is -0.326. The number of carbonyl (C=O) groups is 1. The summed E-state index contributed by atoms with van der Waals surface area (Å²) in [6.45, 7) is 2.17. The van der Waals surface area contributed by atoms with Gasteiger partial charge in [-0.05, 0) is 6.42 Å². The maximum absolute atomic E-state index is 12.8. The molecule has 0 aromatic carbocycles. The van der Waals surface area contributed by atoms with Crippen LogP contribution in [-0.2, 0) is 4.79 Å². The number of hydrogen-bond donors (Lipinski definition) is 1. The minimum Gasteiger partial charge on any atom is -0.288 e. The van der Waals surface area contributed by atoms with Gasteiger partial charge in [-0.3, -0.25) is 10.2 Å². The van der Waals surface area contributed by atoms with Crippen molar-refractivity contribution < 1.29 is 18.0 Å². The van der Waals surface area contributed by atoms with Crippen molar-refractivity contribution >= 4 is 5.91 Å². The van der Waals surface area contributed by atoms with Gasteiger partial charge in [0.2, 0.25) is 5.91 Å². The molecular formula is C11H19F3N2O. The Morgan fingerprint density at radius 3 is 2.53 bits per heavy atom. The Morgan fingerprint density at radius 1 is 1.35 bits per heavy atom. The van der Waals surface area contributed by atoms with Crippen LogP contribution in [-0.4, -0.2) is 29.7 Å². The van der Waals surface area contributed by atoms with Crippen LogP contribution in [0.5, 0.6) is 0 Å². The molecule has 1 heterocycles. The third-order valence-electron chi connectivity index (χ3n) is 2.93. The highest BCUT2D eigenvalue weighted by Crippen LogP contribution is 2.29. The average molecular weight is 252 g/mol. The molecule has 0 spiro atoms.